The largest absolute Gasteiger partial charge is 0.315 e. The molecule has 0 fully saturated rings. The molecule has 0 spiro atoms. The number of amidine groups is 1. The van der Waals surface area contributed by atoms with Gasteiger partial charge in [-0.25, -0.2) is 17.8 Å². The first kappa shape index (κ1) is 15.7. The fourth-order valence-corrected chi connectivity index (χ4v) is 3.84. The maximum Gasteiger partial charge on any atom is 0.256 e. The first-order chi connectivity index (χ1) is 12.0. The topological polar surface area (TPSA) is 62.1 Å². The Labute approximate surface area is 144 Å². The van der Waals surface area contributed by atoms with Crippen LogP contribution in [0.3, 0.4) is 0 Å². The summed E-state index contributed by atoms with van der Waals surface area (Å²) in [5.41, 5.74) is 2.29. The quantitative estimate of drug-likeness (QED) is 0.832. The monoisotopic (exact) mass is 355 g/mol. The van der Waals surface area contributed by atoms with Crippen molar-refractivity contribution in [1.29, 1.82) is 0 Å². The first-order valence-corrected chi connectivity index (χ1v) is 9.33. The number of rotatable bonds is 2. The van der Waals surface area contributed by atoms with E-state index in [0.29, 0.717) is 16.7 Å². The summed E-state index contributed by atoms with van der Waals surface area (Å²) in [5, 5.41) is 0. The molecule has 0 aliphatic carbocycles. The standard InChI is InChI=1S/C18H14FN3O2S/c19-17-10-14(6-7-15(17)13-4-2-1-3-5-13)16-11-20-12-22-8-9-25(23,24)21-18(16)22/h1-7,10-12H,8-9H2. The molecular weight excluding hydrogens is 341 g/mol. The first-order valence-electron chi connectivity index (χ1n) is 7.72. The van der Waals surface area contributed by atoms with Crippen LogP contribution in [-0.2, 0) is 10.0 Å². The molecule has 126 valence electrons. The summed E-state index contributed by atoms with van der Waals surface area (Å²) >= 11 is 0. The number of benzene rings is 2. The summed E-state index contributed by atoms with van der Waals surface area (Å²) in [5.74, 6) is -0.157. The van der Waals surface area contributed by atoms with Gasteiger partial charge in [-0.15, -0.1) is 4.40 Å². The van der Waals surface area contributed by atoms with Crippen molar-refractivity contribution in [1.82, 2.24) is 4.90 Å². The highest BCUT2D eigenvalue weighted by molar-refractivity contribution is 7.90. The summed E-state index contributed by atoms with van der Waals surface area (Å²) in [6, 6.07) is 14.1. The molecule has 0 aromatic heterocycles. The van der Waals surface area contributed by atoms with Crippen LogP contribution in [0, 0.1) is 5.82 Å². The molecule has 2 heterocycles. The van der Waals surface area contributed by atoms with Crippen LogP contribution in [-0.4, -0.2) is 37.8 Å². The minimum Gasteiger partial charge on any atom is -0.315 e. The molecule has 0 saturated heterocycles. The van der Waals surface area contributed by atoms with Crippen LogP contribution in [0.1, 0.15) is 5.56 Å². The van der Waals surface area contributed by atoms with Crippen molar-refractivity contribution in [3.63, 3.8) is 0 Å². The lowest BCUT2D eigenvalue weighted by molar-refractivity contribution is 0.574. The third-order valence-electron chi connectivity index (χ3n) is 4.10. The molecule has 0 atom stereocenters. The number of hydrogen-bond acceptors (Lipinski definition) is 4. The molecule has 25 heavy (non-hydrogen) atoms. The van der Waals surface area contributed by atoms with Crippen molar-refractivity contribution < 1.29 is 12.8 Å². The number of halogens is 1. The van der Waals surface area contributed by atoms with Crippen LogP contribution < -0.4 is 0 Å². The van der Waals surface area contributed by atoms with E-state index in [1.807, 2.05) is 30.3 Å². The fourth-order valence-electron chi connectivity index (χ4n) is 2.85. The molecular formula is C18H14FN3O2S. The van der Waals surface area contributed by atoms with Crippen molar-refractivity contribution in [2.75, 3.05) is 12.3 Å². The molecule has 7 heteroatoms. The third-order valence-corrected chi connectivity index (χ3v) is 5.25. The summed E-state index contributed by atoms with van der Waals surface area (Å²) in [4.78, 5) is 5.78. The Morgan fingerprint density at radius 3 is 2.60 bits per heavy atom. The Balaban J connectivity index is 1.77. The van der Waals surface area contributed by atoms with Crippen molar-refractivity contribution in [3.05, 3.63) is 66.1 Å². The molecule has 0 radical (unpaired) electrons. The second kappa shape index (κ2) is 5.93. The fraction of sp³-hybridized carbons (Fsp3) is 0.111. The van der Waals surface area contributed by atoms with Gasteiger partial charge in [0.15, 0.2) is 5.84 Å². The Morgan fingerprint density at radius 1 is 1.04 bits per heavy atom. The Hall–Kier alpha value is -2.80. The molecule has 0 N–H and O–H groups in total. The predicted molar refractivity (Wildman–Crippen MR) is 96.2 cm³/mol. The molecule has 2 aromatic carbocycles. The average molecular weight is 355 g/mol. The lowest BCUT2D eigenvalue weighted by Crippen LogP contribution is -2.40. The Morgan fingerprint density at radius 2 is 1.84 bits per heavy atom. The van der Waals surface area contributed by atoms with Crippen molar-refractivity contribution >= 4 is 27.8 Å². The van der Waals surface area contributed by atoms with E-state index in [4.69, 9.17) is 0 Å². The second-order valence-electron chi connectivity index (χ2n) is 5.76. The van der Waals surface area contributed by atoms with Crippen LogP contribution in [0.25, 0.3) is 16.7 Å². The molecule has 0 unspecified atom stereocenters. The molecule has 0 saturated carbocycles. The van der Waals surface area contributed by atoms with E-state index in [9.17, 15) is 12.8 Å². The summed E-state index contributed by atoms with van der Waals surface area (Å²) in [7, 11) is -3.51. The summed E-state index contributed by atoms with van der Waals surface area (Å²) in [6.07, 6.45) is 3.04. The zero-order valence-electron chi connectivity index (χ0n) is 13.1. The van der Waals surface area contributed by atoms with Crippen molar-refractivity contribution in [2.45, 2.75) is 0 Å². The Bertz CT molecular complexity index is 1030. The van der Waals surface area contributed by atoms with Gasteiger partial charge in [0, 0.05) is 23.9 Å². The van der Waals surface area contributed by atoms with E-state index in [2.05, 4.69) is 9.39 Å². The predicted octanol–water partition coefficient (Wildman–Crippen LogP) is 2.92. The molecule has 5 nitrogen and oxygen atoms in total. The van der Waals surface area contributed by atoms with E-state index >= 15 is 0 Å². The van der Waals surface area contributed by atoms with Crippen molar-refractivity contribution in [3.8, 4) is 11.1 Å². The molecule has 0 bridgehead atoms. The van der Waals surface area contributed by atoms with Crippen LogP contribution >= 0.6 is 0 Å². The van der Waals surface area contributed by atoms with Gasteiger partial charge in [-0.2, -0.15) is 0 Å². The number of sulfonamides is 1. The van der Waals surface area contributed by atoms with E-state index < -0.39 is 10.0 Å². The zero-order chi connectivity index (χ0) is 17.4. The van der Waals surface area contributed by atoms with Gasteiger partial charge < -0.3 is 4.90 Å². The molecule has 2 aliphatic heterocycles. The van der Waals surface area contributed by atoms with Gasteiger partial charge in [-0.1, -0.05) is 42.5 Å². The smallest absolute Gasteiger partial charge is 0.256 e. The molecule has 4 rings (SSSR count). The minimum atomic E-state index is -3.51. The van der Waals surface area contributed by atoms with Crippen LogP contribution in [0.4, 0.5) is 4.39 Å². The van der Waals surface area contributed by atoms with Gasteiger partial charge in [0.25, 0.3) is 10.0 Å². The SMILES string of the molecule is O=S1(=O)CCN2C=NC=C(c3ccc(-c4ccccc4)c(F)c3)C2=N1. The van der Waals surface area contributed by atoms with E-state index in [-0.39, 0.29) is 24.0 Å². The summed E-state index contributed by atoms with van der Waals surface area (Å²) in [6.45, 7) is 0.284. The van der Waals surface area contributed by atoms with E-state index in [1.54, 1.807) is 17.0 Å². The maximum absolute atomic E-state index is 14.6. The highest BCUT2D eigenvalue weighted by Crippen LogP contribution is 2.29. The molecule has 0 amide bonds. The number of aliphatic imine (C=N–C) groups is 1. The Kier molecular flexibility index (Phi) is 3.73. The minimum absolute atomic E-state index is 0.0584. The van der Waals surface area contributed by atoms with Gasteiger partial charge in [-0.05, 0) is 17.2 Å². The van der Waals surface area contributed by atoms with Crippen LogP contribution in [0.5, 0.6) is 0 Å². The average Bonchev–Trinajstić information content (AvgIpc) is 2.61. The second-order valence-corrected chi connectivity index (χ2v) is 7.52. The number of nitrogens with zero attached hydrogens (tertiary/aromatic N) is 3. The maximum atomic E-state index is 14.6. The zero-order valence-corrected chi connectivity index (χ0v) is 13.9. The normalized spacial score (nSPS) is 18.4. The number of hydrogen-bond donors (Lipinski definition) is 0. The van der Waals surface area contributed by atoms with Gasteiger partial charge in [0.1, 0.15) is 5.82 Å². The van der Waals surface area contributed by atoms with E-state index in [1.165, 1.54) is 18.6 Å². The lowest BCUT2D eigenvalue weighted by atomic mass is 9.99. The molecule has 2 aliphatic rings. The van der Waals surface area contributed by atoms with E-state index in [0.717, 1.165) is 5.56 Å². The summed E-state index contributed by atoms with van der Waals surface area (Å²) < 4.78 is 42.1. The third kappa shape index (κ3) is 2.98. The molecule has 2 aromatic rings. The van der Waals surface area contributed by atoms with Gasteiger partial charge >= 0.3 is 0 Å². The van der Waals surface area contributed by atoms with Gasteiger partial charge in [0.2, 0.25) is 0 Å². The van der Waals surface area contributed by atoms with Crippen LogP contribution in [0.15, 0.2) is 64.1 Å². The lowest BCUT2D eigenvalue weighted by Gasteiger charge is -2.28. The van der Waals surface area contributed by atoms with Crippen LogP contribution in [0.2, 0.25) is 0 Å². The van der Waals surface area contributed by atoms with Crippen molar-refractivity contribution in [2.24, 2.45) is 9.39 Å². The highest BCUT2D eigenvalue weighted by atomic mass is 32.2. The highest BCUT2D eigenvalue weighted by Gasteiger charge is 2.28. The van der Waals surface area contributed by atoms with Gasteiger partial charge in [-0.3, -0.25) is 0 Å². The van der Waals surface area contributed by atoms with Gasteiger partial charge in [0.05, 0.1) is 12.1 Å². The number of fused-ring (bicyclic) bond motifs is 1.